The molecule has 0 radical (unpaired) electrons. The summed E-state index contributed by atoms with van der Waals surface area (Å²) in [5.74, 6) is 0. The van der Waals surface area contributed by atoms with E-state index in [1.54, 1.807) is 0 Å². The lowest BCUT2D eigenvalue weighted by Crippen LogP contribution is -2.25. The van der Waals surface area contributed by atoms with E-state index in [2.05, 4.69) is 54.9 Å². The summed E-state index contributed by atoms with van der Waals surface area (Å²) in [6, 6.07) is 18.0. The number of thiocarbonyl (C=S) groups is 1. The maximum atomic E-state index is 5.33. The number of benzene rings is 2. The first-order chi connectivity index (χ1) is 12.5. The van der Waals surface area contributed by atoms with Crippen LogP contribution in [0.1, 0.15) is 12.0 Å². The first kappa shape index (κ1) is 23.3. The summed E-state index contributed by atoms with van der Waals surface area (Å²) in [5, 5.41) is 8.05. The molecule has 0 aromatic heterocycles. The van der Waals surface area contributed by atoms with Crippen LogP contribution in [0, 0.1) is 0 Å². The molecule has 0 bridgehead atoms. The van der Waals surface area contributed by atoms with Gasteiger partial charge in [-0.3, -0.25) is 5.43 Å². The summed E-state index contributed by atoms with van der Waals surface area (Å²) in [6.07, 6.45) is 4.90. The van der Waals surface area contributed by atoms with Gasteiger partial charge in [-0.25, -0.2) is 0 Å². The highest BCUT2D eigenvalue weighted by Gasteiger charge is 2.00. The fraction of sp³-hybridized carbons (Fsp3) is 0.200. The minimum atomic E-state index is 0. The van der Waals surface area contributed by atoms with Crippen LogP contribution in [-0.2, 0) is 0 Å². The summed E-state index contributed by atoms with van der Waals surface area (Å²) in [6.45, 7) is 0.909. The maximum Gasteiger partial charge on any atom is 0.191 e. The van der Waals surface area contributed by atoms with E-state index in [1.807, 2.05) is 62.6 Å². The Hall–Kier alpha value is -1.73. The lowest BCUT2D eigenvalue weighted by molar-refractivity contribution is 0.422. The van der Waals surface area contributed by atoms with Crippen molar-refractivity contribution in [3.63, 3.8) is 0 Å². The Morgan fingerprint density at radius 3 is 2.41 bits per heavy atom. The molecule has 0 saturated carbocycles. The number of rotatable bonds is 7. The van der Waals surface area contributed by atoms with Crippen molar-refractivity contribution >= 4 is 63.1 Å². The molecule has 0 heterocycles. The average Bonchev–Trinajstić information content (AvgIpc) is 2.63. The van der Waals surface area contributed by atoms with E-state index in [1.165, 1.54) is 0 Å². The smallest absolute Gasteiger partial charge is 0.191 e. The van der Waals surface area contributed by atoms with Gasteiger partial charge in [0.25, 0.3) is 0 Å². The van der Waals surface area contributed by atoms with Gasteiger partial charge in [0.15, 0.2) is 5.11 Å². The van der Waals surface area contributed by atoms with Crippen molar-refractivity contribution in [2.75, 3.05) is 26.0 Å². The van der Waals surface area contributed by atoms with E-state index in [0.717, 1.165) is 34.4 Å². The van der Waals surface area contributed by atoms with Crippen molar-refractivity contribution < 1.29 is 0 Å². The van der Waals surface area contributed by atoms with Gasteiger partial charge in [0.1, 0.15) is 0 Å². The molecule has 0 aliphatic carbocycles. The number of nitrogens with zero attached hydrogens (tertiary/aromatic N) is 2. The molecular formula is C20H24BrClN4S. The van der Waals surface area contributed by atoms with Crippen molar-refractivity contribution in [1.29, 1.82) is 0 Å². The number of hydrogen-bond acceptors (Lipinski definition) is 3. The van der Waals surface area contributed by atoms with Crippen molar-refractivity contribution in [1.82, 2.24) is 10.3 Å². The molecule has 2 N–H and O–H groups in total. The van der Waals surface area contributed by atoms with E-state index in [9.17, 15) is 0 Å². The molecule has 27 heavy (non-hydrogen) atoms. The Morgan fingerprint density at radius 1 is 1.11 bits per heavy atom. The van der Waals surface area contributed by atoms with E-state index in [-0.39, 0.29) is 12.4 Å². The second kappa shape index (κ2) is 12.6. The molecule has 0 spiro atoms. The minimum Gasteiger partial charge on any atom is -0.331 e. The summed E-state index contributed by atoms with van der Waals surface area (Å²) in [7, 11) is 4.09. The third kappa shape index (κ3) is 9.68. The number of hydrazone groups is 1. The zero-order valence-electron chi connectivity index (χ0n) is 15.4. The van der Waals surface area contributed by atoms with Crippen LogP contribution in [0.3, 0.4) is 0 Å². The van der Waals surface area contributed by atoms with Crippen molar-refractivity contribution in [3.8, 4) is 0 Å². The minimum absolute atomic E-state index is 0. The molecule has 2 aromatic rings. The fourth-order valence-corrected chi connectivity index (χ4v) is 2.51. The summed E-state index contributed by atoms with van der Waals surface area (Å²) < 4.78 is 1.02. The Balaban J connectivity index is 0.00000364. The highest BCUT2D eigenvalue weighted by atomic mass is 79.9. The second-order valence-corrected chi connectivity index (χ2v) is 7.30. The van der Waals surface area contributed by atoms with Crippen LogP contribution in [0.4, 0.5) is 5.69 Å². The number of anilines is 1. The summed E-state index contributed by atoms with van der Waals surface area (Å²) >= 11 is 8.74. The molecule has 2 rings (SSSR count). The lowest BCUT2D eigenvalue weighted by atomic mass is 10.1. The number of halogens is 2. The fourth-order valence-electron chi connectivity index (χ4n) is 2.09. The monoisotopic (exact) mass is 466 g/mol. The first-order valence-corrected chi connectivity index (χ1v) is 9.50. The molecule has 0 unspecified atom stereocenters. The van der Waals surface area contributed by atoms with E-state index in [4.69, 9.17) is 12.2 Å². The molecule has 0 aliphatic heterocycles. The summed E-state index contributed by atoms with van der Waals surface area (Å²) in [5.41, 5.74) is 5.92. The van der Waals surface area contributed by atoms with E-state index in [0.29, 0.717) is 5.11 Å². The van der Waals surface area contributed by atoms with Gasteiger partial charge in [0, 0.05) is 23.1 Å². The van der Waals surface area contributed by atoms with Crippen molar-refractivity contribution in [2.24, 2.45) is 5.10 Å². The molecule has 2 aromatic carbocycles. The van der Waals surface area contributed by atoms with Gasteiger partial charge < -0.3 is 10.2 Å². The molecule has 144 valence electrons. The predicted molar refractivity (Wildman–Crippen MR) is 127 cm³/mol. The van der Waals surface area contributed by atoms with Crippen LogP contribution in [0.15, 0.2) is 70.2 Å². The molecule has 0 saturated heterocycles. The second-order valence-electron chi connectivity index (χ2n) is 5.97. The Bertz CT molecular complexity index is 761. The molecule has 0 fully saturated rings. The van der Waals surface area contributed by atoms with Crippen LogP contribution in [0.5, 0.6) is 0 Å². The zero-order valence-corrected chi connectivity index (χ0v) is 18.6. The van der Waals surface area contributed by atoms with Crippen LogP contribution in [0.25, 0.3) is 6.08 Å². The van der Waals surface area contributed by atoms with Gasteiger partial charge in [-0.1, -0.05) is 52.3 Å². The van der Waals surface area contributed by atoms with E-state index >= 15 is 0 Å². The lowest BCUT2D eigenvalue weighted by Gasteiger charge is -2.11. The topological polar surface area (TPSA) is 39.7 Å². The first-order valence-electron chi connectivity index (χ1n) is 8.30. The SMILES string of the molecule is CN(C)CC/C(C=Cc1ccccc1)=N\NC(=S)Nc1ccc(Br)cc1.Cl. The highest BCUT2D eigenvalue weighted by Crippen LogP contribution is 2.13. The maximum absolute atomic E-state index is 5.33. The quantitative estimate of drug-likeness (QED) is 0.334. The largest absolute Gasteiger partial charge is 0.331 e. The van der Waals surface area contributed by atoms with Crippen LogP contribution < -0.4 is 10.7 Å². The van der Waals surface area contributed by atoms with Crippen LogP contribution >= 0.6 is 40.6 Å². The molecular weight excluding hydrogens is 444 g/mol. The Morgan fingerprint density at radius 2 is 1.78 bits per heavy atom. The number of nitrogens with one attached hydrogen (secondary N) is 2. The molecule has 0 atom stereocenters. The van der Waals surface area contributed by atoms with Crippen molar-refractivity contribution in [3.05, 3.63) is 70.7 Å². The van der Waals surface area contributed by atoms with Crippen LogP contribution in [0.2, 0.25) is 0 Å². The zero-order chi connectivity index (χ0) is 18.8. The number of hydrogen-bond donors (Lipinski definition) is 2. The van der Waals surface area contributed by atoms with Gasteiger partial charge >= 0.3 is 0 Å². The number of allylic oxidation sites excluding steroid dienone is 1. The average molecular weight is 468 g/mol. The standard InChI is InChI=1S/C20H23BrN4S.ClH/c1-25(2)15-14-19(11-8-16-6-4-3-5-7-16)23-24-20(26)22-18-12-9-17(21)10-13-18;/h3-13H,14-15H2,1-2H3,(H2,22,24,26);1H/b11-8?,23-19-;. The van der Waals surface area contributed by atoms with Gasteiger partial charge in [-0.05, 0) is 62.2 Å². The highest BCUT2D eigenvalue weighted by molar-refractivity contribution is 9.10. The molecule has 4 nitrogen and oxygen atoms in total. The van der Waals surface area contributed by atoms with Gasteiger partial charge in [0.05, 0.1) is 5.71 Å². The normalized spacial score (nSPS) is 11.3. The molecule has 0 aliphatic rings. The Labute approximate surface area is 181 Å². The summed E-state index contributed by atoms with van der Waals surface area (Å²) in [4.78, 5) is 2.13. The predicted octanol–water partition coefficient (Wildman–Crippen LogP) is 5.18. The van der Waals surface area contributed by atoms with Gasteiger partial charge in [-0.2, -0.15) is 5.10 Å². The van der Waals surface area contributed by atoms with Crippen LogP contribution in [-0.4, -0.2) is 36.4 Å². The molecule has 0 amide bonds. The Kier molecular flexibility index (Phi) is 10.9. The van der Waals surface area contributed by atoms with Gasteiger partial charge in [0.2, 0.25) is 0 Å². The van der Waals surface area contributed by atoms with E-state index < -0.39 is 0 Å². The molecule has 7 heteroatoms. The van der Waals surface area contributed by atoms with Gasteiger partial charge in [-0.15, -0.1) is 12.4 Å². The van der Waals surface area contributed by atoms with Crippen molar-refractivity contribution in [2.45, 2.75) is 6.42 Å². The third-order valence-electron chi connectivity index (χ3n) is 3.49. The third-order valence-corrected chi connectivity index (χ3v) is 4.21.